The van der Waals surface area contributed by atoms with Crippen LogP contribution in [0.4, 0.5) is 0 Å². The second-order valence-corrected chi connectivity index (χ2v) is 4.65. The van der Waals surface area contributed by atoms with Gasteiger partial charge in [-0.05, 0) is 36.6 Å². The Bertz CT molecular complexity index is 449. The van der Waals surface area contributed by atoms with Gasteiger partial charge in [0.15, 0.2) is 0 Å². The molecule has 4 heteroatoms. The number of ether oxygens (including phenoxy) is 3. The third kappa shape index (κ3) is 2.34. The molecular weight excluding hydrogens is 232 g/mol. The van der Waals surface area contributed by atoms with Crippen LogP contribution < -0.4 is 4.74 Å². The molecule has 4 nitrogen and oxygen atoms in total. The summed E-state index contributed by atoms with van der Waals surface area (Å²) in [6.45, 7) is 1.88. The van der Waals surface area contributed by atoms with E-state index in [-0.39, 0.29) is 12.1 Å². The summed E-state index contributed by atoms with van der Waals surface area (Å²) >= 11 is 0. The normalized spacial score (nSPS) is 22.4. The maximum atomic E-state index is 11.5. The van der Waals surface area contributed by atoms with Crippen molar-refractivity contribution >= 4 is 5.97 Å². The minimum absolute atomic E-state index is 0.214. The van der Waals surface area contributed by atoms with Crippen LogP contribution >= 0.6 is 0 Å². The van der Waals surface area contributed by atoms with Gasteiger partial charge in [0.1, 0.15) is 12.4 Å². The van der Waals surface area contributed by atoms with Crippen LogP contribution in [0.2, 0.25) is 0 Å². The van der Waals surface area contributed by atoms with Gasteiger partial charge in [-0.15, -0.1) is 0 Å². The van der Waals surface area contributed by atoms with E-state index < -0.39 is 0 Å². The van der Waals surface area contributed by atoms with E-state index in [1.165, 1.54) is 0 Å². The van der Waals surface area contributed by atoms with Crippen LogP contribution in [-0.2, 0) is 15.9 Å². The highest BCUT2D eigenvalue weighted by atomic mass is 16.5. The SMILES string of the molecule is O=C1OCCc2cc(OC[C@H]3CCCO3)ccc21. The van der Waals surface area contributed by atoms with Crippen LogP contribution in [0.15, 0.2) is 18.2 Å². The quantitative estimate of drug-likeness (QED) is 0.767. The lowest BCUT2D eigenvalue weighted by Gasteiger charge is -2.17. The summed E-state index contributed by atoms with van der Waals surface area (Å²) in [5.41, 5.74) is 1.67. The molecule has 0 N–H and O–H groups in total. The molecule has 0 spiro atoms. The molecule has 2 aliphatic heterocycles. The number of hydrogen-bond acceptors (Lipinski definition) is 4. The van der Waals surface area contributed by atoms with Crippen molar-refractivity contribution in [1.29, 1.82) is 0 Å². The molecule has 0 saturated carbocycles. The number of rotatable bonds is 3. The molecule has 0 aromatic heterocycles. The van der Waals surface area contributed by atoms with Crippen LogP contribution in [0.5, 0.6) is 5.75 Å². The van der Waals surface area contributed by atoms with Gasteiger partial charge in [-0.2, -0.15) is 0 Å². The number of carbonyl (C=O) groups excluding carboxylic acids is 1. The summed E-state index contributed by atoms with van der Waals surface area (Å²) in [6.07, 6.45) is 3.16. The molecular formula is C14H16O4. The van der Waals surface area contributed by atoms with Gasteiger partial charge in [-0.25, -0.2) is 4.79 Å². The fraction of sp³-hybridized carbons (Fsp3) is 0.500. The van der Waals surface area contributed by atoms with Gasteiger partial charge >= 0.3 is 5.97 Å². The first-order valence-corrected chi connectivity index (χ1v) is 6.37. The van der Waals surface area contributed by atoms with E-state index in [4.69, 9.17) is 14.2 Å². The molecule has 2 heterocycles. The Kier molecular flexibility index (Phi) is 3.19. The lowest BCUT2D eigenvalue weighted by atomic mass is 10.0. The fourth-order valence-corrected chi connectivity index (χ4v) is 2.36. The molecule has 1 saturated heterocycles. The highest BCUT2D eigenvalue weighted by Crippen LogP contribution is 2.23. The number of fused-ring (bicyclic) bond motifs is 1. The van der Waals surface area contributed by atoms with E-state index in [0.717, 1.165) is 37.2 Å². The van der Waals surface area contributed by atoms with E-state index >= 15 is 0 Å². The first-order valence-electron chi connectivity index (χ1n) is 6.37. The van der Waals surface area contributed by atoms with Crippen molar-refractivity contribution in [3.8, 4) is 5.75 Å². The third-order valence-electron chi connectivity index (χ3n) is 3.36. The molecule has 3 rings (SSSR count). The number of hydrogen-bond donors (Lipinski definition) is 0. The fourth-order valence-electron chi connectivity index (χ4n) is 2.36. The summed E-state index contributed by atoms with van der Waals surface area (Å²) < 4.78 is 16.2. The van der Waals surface area contributed by atoms with E-state index in [0.29, 0.717) is 18.8 Å². The Morgan fingerprint density at radius 1 is 1.33 bits per heavy atom. The second kappa shape index (κ2) is 4.98. The Balaban J connectivity index is 1.67. The monoisotopic (exact) mass is 248 g/mol. The largest absolute Gasteiger partial charge is 0.491 e. The first kappa shape index (κ1) is 11.5. The molecule has 1 aromatic rings. The molecule has 1 atom stereocenters. The van der Waals surface area contributed by atoms with Gasteiger partial charge in [0, 0.05) is 13.0 Å². The zero-order valence-electron chi connectivity index (χ0n) is 10.2. The zero-order valence-corrected chi connectivity index (χ0v) is 10.2. The van der Waals surface area contributed by atoms with Crippen LogP contribution in [-0.4, -0.2) is 31.9 Å². The Morgan fingerprint density at radius 2 is 2.28 bits per heavy atom. The molecule has 18 heavy (non-hydrogen) atoms. The predicted octanol–water partition coefficient (Wildman–Crippen LogP) is 1.96. The molecule has 2 aliphatic rings. The van der Waals surface area contributed by atoms with Gasteiger partial charge in [-0.3, -0.25) is 0 Å². The number of benzene rings is 1. The average Bonchev–Trinajstić information content (AvgIpc) is 2.90. The van der Waals surface area contributed by atoms with Crippen molar-refractivity contribution in [2.24, 2.45) is 0 Å². The highest BCUT2D eigenvalue weighted by Gasteiger charge is 2.20. The molecule has 1 aromatic carbocycles. The van der Waals surface area contributed by atoms with E-state index in [9.17, 15) is 4.79 Å². The summed E-state index contributed by atoms with van der Waals surface area (Å²) in [5, 5.41) is 0. The second-order valence-electron chi connectivity index (χ2n) is 4.65. The van der Waals surface area contributed by atoms with Gasteiger partial charge < -0.3 is 14.2 Å². The summed E-state index contributed by atoms with van der Waals surface area (Å²) in [5.74, 6) is 0.570. The van der Waals surface area contributed by atoms with Crippen molar-refractivity contribution in [1.82, 2.24) is 0 Å². The van der Waals surface area contributed by atoms with Crippen LogP contribution in [0.3, 0.4) is 0 Å². The predicted molar refractivity (Wildman–Crippen MR) is 64.9 cm³/mol. The van der Waals surface area contributed by atoms with Gasteiger partial charge in [-0.1, -0.05) is 0 Å². The highest BCUT2D eigenvalue weighted by molar-refractivity contribution is 5.92. The molecule has 0 aliphatic carbocycles. The van der Waals surface area contributed by atoms with E-state index in [1.807, 2.05) is 12.1 Å². The van der Waals surface area contributed by atoms with Crippen LogP contribution in [0, 0.1) is 0 Å². The van der Waals surface area contributed by atoms with Gasteiger partial charge in [0.2, 0.25) is 0 Å². The van der Waals surface area contributed by atoms with Crippen LogP contribution in [0.25, 0.3) is 0 Å². The summed E-state index contributed by atoms with van der Waals surface area (Å²) in [4.78, 5) is 11.5. The lowest BCUT2D eigenvalue weighted by Crippen LogP contribution is -2.19. The smallest absolute Gasteiger partial charge is 0.338 e. The minimum atomic E-state index is -0.234. The zero-order chi connectivity index (χ0) is 12.4. The first-order chi connectivity index (χ1) is 8.83. The van der Waals surface area contributed by atoms with Crippen molar-refractivity contribution < 1.29 is 19.0 Å². The standard InChI is InChI=1S/C14H16O4/c15-14-13-4-3-11(8-10(13)5-7-17-14)18-9-12-2-1-6-16-12/h3-4,8,12H,1-2,5-7,9H2/t12-/m1/s1. The Hall–Kier alpha value is -1.55. The maximum absolute atomic E-state index is 11.5. The number of cyclic esters (lactones) is 1. The summed E-state index contributed by atoms with van der Waals surface area (Å²) in [7, 11) is 0. The molecule has 0 unspecified atom stereocenters. The van der Waals surface area contributed by atoms with Gasteiger partial charge in [0.25, 0.3) is 0 Å². The molecule has 0 bridgehead atoms. The van der Waals surface area contributed by atoms with Crippen molar-refractivity contribution in [2.75, 3.05) is 19.8 Å². The minimum Gasteiger partial charge on any atom is -0.491 e. The average molecular weight is 248 g/mol. The topological polar surface area (TPSA) is 44.8 Å². The Morgan fingerprint density at radius 3 is 3.11 bits per heavy atom. The van der Waals surface area contributed by atoms with E-state index in [2.05, 4.69) is 0 Å². The molecule has 0 radical (unpaired) electrons. The van der Waals surface area contributed by atoms with Gasteiger partial charge in [0.05, 0.1) is 18.3 Å². The van der Waals surface area contributed by atoms with Crippen molar-refractivity contribution in [2.45, 2.75) is 25.4 Å². The van der Waals surface area contributed by atoms with E-state index in [1.54, 1.807) is 6.07 Å². The lowest BCUT2D eigenvalue weighted by molar-refractivity contribution is 0.0479. The van der Waals surface area contributed by atoms with Crippen LogP contribution in [0.1, 0.15) is 28.8 Å². The maximum Gasteiger partial charge on any atom is 0.338 e. The third-order valence-corrected chi connectivity index (χ3v) is 3.36. The molecule has 1 fully saturated rings. The number of carbonyl (C=O) groups is 1. The molecule has 0 amide bonds. The molecule has 96 valence electrons. The number of esters is 1. The van der Waals surface area contributed by atoms with Crippen molar-refractivity contribution in [3.05, 3.63) is 29.3 Å². The van der Waals surface area contributed by atoms with Crippen molar-refractivity contribution in [3.63, 3.8) is 0 Å². The Labute approximate surface area is 106 Å². The summed E-state index contributed by atoms with van der Waals surface area (Å²) in [6, 6.07) is 5.53.